The fourth-order valence-corrected chi connectivity index (χ4v) is 6.54. The van der Waals surface area contributed by atoms with Crippen LogP contribution in [0, 0.1) is 5.92 Å². The van der Waals surface area contributed by atoms with Crippen molar-refractivity contribution in [3.05, 3.63) is 36.2 Å². The summed E-state index contributed by atoms with van der Waals surface area (Å²) in [6.07, 6.45) is 9.47. The normalized spacial score (nSPS) is 28.7. The minimum Gasteiger partial charge on any atom is -0.420 e. The topological polar surface area (TPSA) is 109 Å². The first-order valence-electron chi connectivity index (χ1n) is 13.0. The maximum Gasteiger partial charge on any atom is 0.247 e. The number of hydrogen-bond donors (Lipinski definition) is 3. The van der Waals surface area contributed by atoms with E-state index in [0.717, 1.165) is 62.7 Å². The minimum absolute atomic E-state index is 0.0349. The third kappa shape index (κ3) is 6.25. The van der Waals surface area contributed by atoms with Gasteiger partial charge in [0.25, 0.3) is 0 Å². The Bertz CT molecular complexity index is 992. The van der Waals surface area contributed by atoms with Gasteiger partial charge in [-0.1, -0.05) is 31.0 Å². The molecule has 0 radical (unpaired) electrons. The second-order valence-electron chi connectivity index (χ2n) is 9.95. The zero-order chi connectivity index (χ0) is 24.0. The van der Waals surface area contributed by atoms with Crippen LogP contribution in [0.2, 0.25) is 0 Å². The van der Waals surface area contributed by atoms with Gasteiger partial charge in [-0.05, 0) is 62.8 Å². The highest BCUT2D eigenvalue weighted by atomic mass is 32.2. The molecule has 5 rings (SSSR count). The highest BCUT2D eigenvalue weighted by molar-refractivity contribution is 7.99. The van der Waals surface area contributed by atoms with Crippen LogP contribution in [-0.2, 0) is 9.59 Å². The molecule has 1 aliphatic heterocycles. The van der Waals surface area contributed by atoms with Crippen molar-refractivity contribution >= 4 is 23.6 Å². The molecule has 1 saturated heterocycles. The molecule has 35 heavy (non-hydrogen) atoms. The van der Waals surface area contributed by atoms with Crippen molar-refractivity contribution in [2.75, 3.05) is 5.75 Å². The molecule has 9 heteroatoms. The largest absolute Gasteiger partial charge is 0.420 e. The SMILES string of the molecule is O=C(CCCSC1NC(=O)C2CCCCC2N1)NC1CCC(c2nnc(-c3ccccc3)o2)CC1. The van der Waals surface area contributed by atoms with Gasteiger partial charge in [0.05, 0.1) is 5.92 Å². The summed E-state index contributed by atoms with van der Waals surface area (Å²) in [5, 5.41) is 18.4. The van der Waals surface area contributed by atoms with Gasteiger partial charge < -0.3 is 15.1 Å². The molecule has 3 aliphatic rings. The van der Waals surface area contributed by atoms with Crippen molar-refractivity contribution in [1.29, 1.82) is 0 Å². The second-order valence-corrected chi connectivity index (χ2v) is 11.2. The van der Waals surface area contributed by atoms with Gasteiger partial charge in [0, 0.05) is 30.0 Å². The first-order valence-corrected chi connectivity index (χ1v) is 14.1. The number of benzene rings is 1. The number of fused-ring (bicyclic) bond motifs is 1. The monoisotopic (exact) mass is 497 g/mol. The van der Waals surface area contributed by atoms with Gasteiger partial charge >= 0.3 is 0 Å². The molecular formula is C26H35N5O3S. The number of nitrogens with zero attached hydrogens (tertiary/aromatic N) is 2. The Labute approximate surface area is 210 Å². The fraction of sp³-hybridized carbons (Fsp3) is 0.615. The molecule has 2 amide bonds. The molecule has 1 aromatic heterocycles. The minimum atomic E-state index is -0.0349. The lowest BCUT2D eigenvalue weighted by atomic mass is 9.83. The van der Waals surface area contributed by atoms with E-state index in [1.807, 2.05) is 30.3 Å². The average molecular weight is 498 g/mol. The third-order valence-corrected chi connectivity index (χ3v) is 8.59. The highest BCUT2D eigenvalue weighted by Gasteiger charge is 2.37. The molecule has 0 bridgehead atoms. The van der Waals surface area contributed by atoms with E-state index < -0.39 is 0 Å². The van der Waals surface area contributed by atoms with Crippen LogP contribution in [0.3, 0.4) is 0 Å². The van der Waals surface area contributed by atoms with E-state index in [2.05, 4.69) is 26.1 Å². The van der Waals surface area contributed by atoms with Crippen molar-refractivity contribution in [2.24, 2.45) is 5.92 Å². The van der Waals surface area contributed by atoms with Crippen LogP contribution >= 0.6 is 11.8 Å². The van der Waals surface area contributed by atoms with Gasteiger partial charge in [-0.3, -0.25) is 14.9 Å². The van der Waals surface area contributed by atoms with Crippen LogP contribution in [0.15, 0.2) is 34.7 Å². The molecule has 2 saturated carbocycles. The van der Waals surface area contributed by atoms with E-state index in [4.69, 9.17) is 4.42 Å². The molecule has 3 fully saturated rings. The fourth-order valence-electron chi connectivity index (χ4n) is 5.52. The Morgan fingerprint density at radius 1 is 1.06 bits per heavy atom. The molecule has 3 N–H and O–H groups in total. The number of hydrogen-bond acceptors (Lipinski definition) is 7. The van der Waals surface area contributed by atoms with Crippen LogP contribution in [0.25, 0.3) is 11.5 Å². The highest BCUT2D eigenvalue weighted by Crippen LogP contribution is 2.33. The summed E-state index contributed by atoms with van der Waals surface area (Å²) < 4.78 is 5.93. The van der Waals surface area contributed by atoms with Crippen molar-refractivity contribution in [3.63, 3.8) is 0 Å². The van der Waals surface area contributed by atoms with E-state index in [0.29, 0.717) is 24.2 Å². The quantitative estimate of drug-likeness (QED) is 0.474. The van der Waals surface area contributed by atoms with Crippen LogP contribution in [0.4, 0.5) is 0 Å². The van der Waals surface area contributed by atoms with Crippen LogP contribution in [0.5, 0.6) is 0 Å². The molecule has 188 valence electrons. The number of amides is 2. The zero-order valence-electron chi connectivity index (χ0n) is 20.1. The number of carbonyl (C=O) groups is 2. The molecule has 0 spiro atoms. The van der Waals surface area contributed by atoms with E-state index in [9.17, 15) is 9.59 Å². The van der Waals surface area contributed by atoms with Gasteiger partial charge in [-0.25, -0.2) is 0 Å². The number of carbonyl (C=O) groups excluding carboxylic acids is 2. The van der Waals surface area contributed by atoms with Crippen molar-refractivity contribution in [2.45, 2.75) is 87.7 Å². The van der Waals surface area contributed by atoms with Gasteiger partial charge in [0.15, 0.2) is 0 Å². The molecule has 3 unspecified atom stereocenters. The van der Waals surface area contributed by atoms with Crippen LogP contribution < -0.4 is 16.0 Å². The summed E-state index contributed by atoms with van der Waals surface area (Å²) in [5.74, 6) is 2.81. The standard InChI is InChI=1S/C26H35N5O3S/c32-22(11-6-16-35-26-28-21-10-5-4-9-20(21)23(33)29-26)27-19-14-12-18(13-15-19)25-31-30-24(34-25)17-7-2-1-3-8-17/h1-3,7-8,18-21,26,28H,4-6,9-16H2,(H,27,32)(H,29,33). The number of rotatable bonds is 8. The Hall–Kier alpha value is -2.39. The average Bonchev–Trinajstić information content (AvgIpc) is 3.38. The number of nitrogens with one attached hydrogen (secondary N) is 3. The maximum absolute atomic E-state index is 12.5. The first-order chi connectivity index (χ1) is 17.2. The Morgan fingerprint density at radius 2 is 1.86 bits per heavy atom. The predicted molar refractivity (Wildman–Crippen MR) is 135 cm³/mol. The summed E-state index contributed by atoms with van der Waals surface area (Å²) in [6.45, 7) is 0. The summed E-state index contributed by atoms with van der Waals surface area (Å²) >= 11 is 1.70. The molecule has 2 aliphatic carbocycles. The first kappa shape index (κ1) is 24.3. The van der Waals surface area contributed by atoms with Crippen LogP contribution in [0.1, 0.15) is 76.0 Å². The third-order valence-electron chi connectivity index (χ3n) is 7.48. The van der Waals surface area contributed by atoms with E-state index >= 15 is 0 Å². The van der Waals surface area contributed by atoms with Crippen molar-refractivity contribution < 1.29 is 14.0 Å². The Morgan fingerprint density at radius 3 is 2.69 bits per heavy atom. The van der Waals surface area contributed by atoms with Gasteiger partial charge in [-0.2, -0.15) is 0 Å². The second kappa shape index (κ2) is 11.6. The van der Waals surface area contributed by atoms with Crippen molar-refractivity contribution in [1.82, 2.24) is 26.1 Å². The molecule has 1 aromatic carbocycles. The summed E-state index contributed by atoms with van der Waals surface area (Å²) in [5.41, 5.74) is 0.900. The summed E-state index contributed by atoms with van der Waals surface area (Å²) in [6, 6.07) is 10.3. The van der Waals surface area contributed by atoms with Gasteiger partial charge in [0.1, 0.15) is 5.50 Å². The van der Waals surface area contributed by atoms with E-state index in [-0.39, 0.29) is 35.2 Å². The Kier molecular flexibility index (Phi) is 8.03. The molecule has 2 aromatic rings. The lowest BCUT2D eigenvalue weighted by Gasteiger charge is -2.39. The van der Waals surface area contributed by atoms with Crippen LogP contribution in [-0.4, -0.2) is 45.3 Å². The smallest absolute Gasteiger partial charge is 0.247 e. The van der Waals surface area contributed by atoms with Gasteiger partial charge in [0.2, 0.25) is 23.6 Å². The zero-order valence-corrected chi connectivity index (χ0v) is 20.9. The summed E-state index contributed by atoms with van der Waals surface area (Å²) in [7, 11) is 0. The summed E-state index contributed by atoms with van der Waals surface area (Å²) in [4.78, 5) is 24.8. The number of thioether (sulfide) groups is 1. The number of aromatic nitrogens is 2. The van der Waals surface area contributed by atoms with E-state index in [1.165, 1.54) is 6.42 Å². The predicted octanol–water partition coefficient (Wildman–Crippen LogP) is 3.95. The molecular weight excluding hydrogens is 462 g/mol. The Balaban J connectivity index is 0.982. The van der Waals surface area contributed by atoms with Gasteiger partial charge in [-0.15, -0.1) is 22.0 Å². The lowest BCUT2D eigenvalue weighted by molar-refractivity contribution is -0.129. The lowest BCUT2D eigenvalue weighted by Crippen LogP contribution is -2.60. The molecule has 8 nitrogen and oxygen atoms in total. The van der Waals surface area contributed by atoms with Crippen molar-refractivity contribution in [3.8, 4) is 11.5 Å². The maximum atomic E-state index is 12.5. The van der Waals surface area contributed by atoms with E-state index in [1.54, 1.807) is 11.8 Å². The molecule has 3 atom stereocenters. The molecule has 2 heterocycles.